The molecule has 27 heavy (non-hydrogen) atoms. The molecular formula is C19H26N5O3+. The monoisotopic (exact) mass is 372 g/mol. The minimum atomic E-state index is -0.458. The van der Waals surface area contributed by atoms with Crippen LogP contribution in [0.15, 0.2) is 34.4 Å². The number of non-ortho nitro benzene ring substituents is 1. The summed E-state index contributed by atoms with van der Waals surface area (Å²) in [5.41, 5.74) is 1.34. The number of amides is 1. The normalized spacial score (nSPS) is 21.1. The summed E-state index contributed by atoms with van der Waals surface area (Å²) in [6, 6.07) is 5.89. The molecule has 1 saturated heterocycles. The first-order valence-electron chi connectivity index (χ1n) is 9.57. The maximum atomic E-state index is 12.9. The van der Waals surface area contributed by atoms with E-state index in [2.05, 4.69) is 15.4 Å². The Morgan fingerprint density at radius 2 is 2.04 bits per heavy atom. The Morgan fingerprint density at radius 3 is 2.67 bits per heavy atom. The third kappa shape index (κ3) is 4.57. The van der Waals surface area contributed by atoms with Crippen LogP contribution in [0.25, 0.3) is 0 Å². The quantitative estimate of drug-likeness (QED) is 0.448. The molecule has 8 nitrogen and oxygen atoms in total. The van der Waals surface area contributed by atoms with Gasteiger partial charge in [-0.15, -0.1) is 0 Å². The van der Waals surface area contributed by atoms with E-state index in [1.165, 1.54) is 30.0 Å². The number of nitrogens with two attached hydrogens (primary N) is 1. The molecule has 0 radical (unpaired) electrons. The number of nitro groups is 1. The molecule has 3 rings (SSSR count). The molecule has 1 aromatic rings. The van der Waals surface area contributed by atoms with E-state index in [4.69, 9.17) is 0 Å². The van der Waals surface area contributed by atoms with Crippen LogP contribution in [-0.2, 0) is 4.79 Å². The van der Waals surface area contributed by atoms with Crippen molar-refractivity contribution in [2.75, 3.05) is 24.6 Å². The Bertz CT molecular complexity index is 738. The number of carbonyl (C=O) groups is 1. The highest BCUT2D eigenvalue weighted by molar-refractivity contribution is 6.24. The lowest BCUT2D eigenvalue weighted by atomic mass is 9.98. The number of benzene rings is 1. The van der Waals surface area contributed by atoms with Crippen LogP contribution in [0, 0.1) is 22.0 Å². The van der Waals surface area contributed by atoms with E-state index in [1.807, 2.05) is 6.92 Å². The Morgan fingerprint density at radius 1 is 1.33 bits per heavy atom. The molecular weight excluding hydrogens is 346 g/mol. The van der Waals surface area contributed by atoms with E-state index in [9.17, 15) is 14.9 Å². The van der Waals surface area contributed by atoms with Crippen LogP contribution in [-0.4, -0.2) is 42.4 Å². The first-order chi connectivity index (χ1) is 13.1. The van der Waals surface area contributed by atoms with Gasteiger partial charge in [-0.3, -0.25) is 19.9 Å². The van der Waals surface area contributed by atoms with Crippen LogP contribution in [0.3, 0.4) is 0 Å². The molecule has 2 aliphatic rings. The summed E-state index contributed by atoms with van der Waals surface area (Å²) in [4.78, 5) is 27.8. The number of rotatable bonds is 7. The zero-order valence-corrected chi connectivity index (χ0v) is 15.6. The third-order valence-corrected chi connectivity index (χ3v) is 5.05. The average molecular weight is 372 g/mol. The molecule has 2 aliphatic heterocycles. The van der Waals surface area contributed by atoms with Gasteiger partial charge in [0, 0.05) is 37.7 Å². The van der Waals surface area contributed by atoms with E-state index in [1.54, 1.807) is 18.3 Å². The summed E-state index contributed by atoms with van der Waals surface area (Å²) in [5, 5.41) is 19.0. The maximum Gasteiger partial charge on any atom is 0.269 e. The zero-order chi connectivity index (χ0) is 19.2. The lowest BCUT2D eigenvalue weighted by molar-refractivity contribution is -0.664. The first-order valence-corrected chi connectivity index (χ1v) is 9.57. The van der Waals surface area contributed by atoms with Crippen LogP contribution in [0.2, 0.25) is 0 Å². The zero-order valence-electron chi connectivity index (χ0n) is 15.6. The van der Waals surface area contributed by atoms with Gasteiger partial charge < -0.3 is 5.32 Å². The number of piperidine rings is 1. The number of hydrogen-bond donors (Lipinski definition) is 1. The van der Waals surface area contributed by atoms with Crippen molar-refractivity contribution in [3.63, 3.8) is 0 Å². The molecule has 1 aromatic carbocycles. The average Bonchev–Trinajstić information content (AvgIpc) is 2.99. The van der Waals surface area contributed by atoms with E-state index >= 15 is 0 Å². The SMILES string of the molecule is CCCC1=NN(c2ccc([N+](=O)[O-])cc2)C(=O)[C@@H]1C=NCC1CC[NH2+]CC1. The van der Waals surface area contributed by atoms with Crippen LogP contribution in [0.1, 0.15) is 32.6 Å². The molecule has 0 unspecified atom stereocenters. The van der Waals surface area contributed by atoms with Crippen LogP contribution < -0.4 is 10.3 Å². The summed E-state index contributed by atoms with van der Waals surface area (Å²) in [6.45, 7) is 5.11. The van der Waals surface area contributed by atoms with Crippen molar-refractivity contribution in [2.24, 2.45) is 21.9 Å². The highest BCUT2D eigenvalue weighted by Gasteiger charge is 2.35. The Kier molecular flexibility index (Phi) is 6.28. The molecule has 0 saturated carbocycles. The minimum Gasteiger partial charge on any atom is -0.346 e. The van der Waals surface area contributed by atoms with Gasteiger partial charge in [-0.05, 0) is 24.5 Å². The highest BCUT2D eigenvalue weighted by Crippen LogP contribution is 2.26. The summed E-state index contributed by atoms with van der Waals surface area (Å²) in [5.74, 6) is 0.0171. The number of nitrogens with zero attached hydrogens (tertiary/aromatic N) is 4. The van der Waals surface area contributed by atoms with Gasteiger partial charge in [0.25, 0.3) is 11.6 Å². The Labute approximate surface area is 158 Å². The molecule has 0 spiro atoms. The van der Waals surface area contributed by atoms with E-state index in [0.29, 0.717) is 11.6 Å². The number of nitro benzene ring substituents is 1. The van der Waals surface area contributed by atoms with Gasteiger partial charge in [0.15, 0.2) is 0 Å². The van der Waals surface area contributed by atoms with Gasteiger partial charge in [-0.1, -0.05) is 13.3 Å². The number of hydrazone groups is 1. The fourth-order valence-corrected chi connectivity index (χ4v) is 3.52. The molecule has 0 aromatic heterocycles. The minimum absolute atomic E-state index is 0.00834. The lowest BCUT2D eigenvalue weighted by Gasteiger charge is -2.18. The van der Waals surface area contributed by atoms with Gasteiger partial charge in [-0.2, -0.15) is 10.1 Å². The maximum absolute atomic E-state index is 12.9. The topological polar surface area (TPSA) is 105 Å². The number of anilines is 1. The van der Waals surface area contributed by atoms with Crippen molar-refractivity contribution in [1.29, 1.82) is 0 Å². The van der Waals surface area contributed by atoms with Gasteiger partial charge in [0.2, 0.25) is 0 Å². The number of carbonyl (C=O) groups excluding carboxylic acids is 1. The summed E-state index contributed by atoms with van der Waals surface area (Å²) in [6.07, 6.45) is 5.70. The molecule has 144 valence electrons. The first kappa shape index (κ1) is 19.2. The fraction of sp³-hybridized carbons (Fsp3) is 0.526. The molecule has 2 N–H and O–H groups in total. The van der Waals surface area contributed by atoms with Crippen LogP contribution in [0.5, 0.6) is 0 Å². The van der Waals surface area contributed by atoms with Crippen molar-refractivity contribution < 1.29 is 15.0 Å². The van der Waals surface area contributed by atoms with E-state index < -0.39 is 10.8 Å². The number of hydrogen-bond acceptors (Lipinski definition) is 5. The highest BCUT2D eigenvalue weighted by atomic mass is 16.6. The second-order valence-corrected chi connectivity index (χ2v) is 7.07. The standard InChI is InChI=1S/C19H25N5O3/c1-2-3-18-17(13-21-12-14-8-10-20-11-9-14)19(25)23(22-18)15-4-6-16(7-5-15)24(26)27/h4-7,13-14,17,20H,2-3,8-12H2,1H3/p+1/t17-/m1/s1. The van der Waals surface area contributed by atoms with Gasteiger partial charge in [-0.25, -0.2) is 0 Å². The molecule has 1 atom stereocenters. The largest absolute Gasteiger partial charge is 0.346 e. The predicted octanol–water partition coefficient (Wildman–Crippen LogP) is 1.76. The van der Waals surface area contributed by atoms with Crippen LogP contribution >= 0.6 is 0 Å². The smallest absolute Gasteiger partial charge is 0.269 e. The Hall–Kier alpha value is -2.61. The predicted molar refractivity (Wildman–Crippen MR) is 104 cm³/mol. The molecule has 1 amide bonds. The Balaban J connectivity index is 1.71. The van der Waals surface area contributed by atoms with Gasteiger partial charge >= 0.3 is 0 Å². The lowest BCUT2D eigenvalue weighted by Crippen LogP contribution is -2.86. The van der Waals surface area contributed by atoms with E-state index in [0.717, 1.165) is 38.2 Å². The van der Waals surface area contributed by atoms with Crippen molar-refractivity contribution in [2.45, 2.75) is 32.6 Å². The summed E-state index contributed by atoms with van der Waals surface area (Å²) >= 11 is 0. The summed E-state index contributed by atoms with van der Waals surface area (Å²) < 4.78 is 0. The number of quaternary nitrogens is 1. The van der Waals surface area contributed by atoms with E-state index in [-0.39, 0.29) is 11.6 Å². The van der Waals surface area contributed by atoms with Gasteiger partial charge in [0.05, 0.1) is 29.4 Å². The van der Waals surface area contributed by atoms with Crippen molar-refractivity contribution in [3.8, 4) is 0 Å². The number of aliphatic imine (C=N–C) groups is 1. The molecule has 1 fully saturated rings. The molecule has 2 heterocycles. The second-order valence-electron chi connectivity index (χ2n) is 7.07. The van der Waals surface area contributed by atoms with Crippen molar-refractivity contribution in [3.05, 3.63) is 34.4 Å². The van der Waals surface area contributed by atoms with Gasteiger partial charge in [0.1, 0.15) is 5.92 Å². The van der Waals surface area contributed by atoms with Crippen LogP contribution in [0.4, 0.5) is 11.4 Å². The van der Waals surface area contributed by atoms with Crippen molar-refractivity contribution >= 4 is 29.2 Å². The third-order valence-electron chi connectivity index (χ3n) is 5.05. The van der Waals surface area contributed by atoms with Crippen molar-refractivity contribution in [1.82, 2.24) is 0 Å². The molecule has 0 aliphatic carbocycles. The molecule has 0 bridgehead atoms. The summed E-state index contributed by atoms with van der Waals surface area (Å²) in [7, 11) is 0. The second kappa shape index (κ2) is 8.85. The fourth-order valence-electron chi connectivity index (χ4n) is 3.52. The molecule has 8 heteroatoms.